The summed E-state index contributed by atoms with van der Waals surface area (Å²) in [5, 5.41) is 0. The average molecular weight is 212 g/mol. The van der Waals surface area contributed by atoms with E-state index in [1.807, 2.05) is 22.7 Å². The predicted octanol–water partition coefficient (Wildman–Crippen LogP) is 1.68. The number of aromatic nitrogens is 2. The molecule has 11 heavy (non-hydrogen) atoms. The lowest BCUT2D eigenvalue weighted by Crippen LogP contribution is -1.81. The fraction of sp³-hybridized carbons (Fsp3) is 0. The highest BCUT2D eigenvalue weighted by Crippen LogP contribution is 2.17. The maximum absolute atomic E-state index is 5.51. The van der Waals surface area contributed by atoms with Gasteiger partial charge < -0.3 is 10.1 Å². The fourth-order valence-corrected chi connectivity index (χ4v) is 1.44. The number of nitrogens with two attached hydrogens (primary N) is 1. The van der Waals surface area contributed by atoms with E-state index in [1.54, 1.807) is 6.20 Å². The molecule has 0 amide bonds. The lowest BCUT2D eigenvalue weighted by atomic mass is 10.5. The Morgan fingerprint density at radius 1 is 1.55 bits per heavy atom. The Balaban J connectivity index is 2.90. The fourth-order valence-electron chi connectivity index (χ4n) is 0.998. The summed E-state index contributed by atoms with van der Waals surface area (Å²) in [7, 11) is 0. The van der Waals surface area contributed by atoms with Gasteiger partial charge in [-0.25, -0.2) is 4.98 Å². The van der Waals surface area contributed by atoms with Crippen molar-refractivity contribution in [3.05, 3.63) is 29.0 Å². The second-order valence-corrected chi connectivity index (χ2v) is 3.11. The third-order valence-corrected chi connectivity index (χ3v) is 2.07. The molecule has 0 aromatic carbocycles. The first-order chi connectivity index (χ1) is 5.27. The molecule has 2 rings (SSSR count). The van der Waals surface area contributed by atoms with Crippen LogP contribution in [-0.4, -0.2) is 9.38 Å². The Kier molecular flexibility index (Phi) is 1.35. The SMILES string of the molecule is Nc1cn2cccc(Br)c2n1. The molecule has 0 bridgehead atoms. The number of fused-ring (bicyclic) bond motifs is 1. The van der Waals surface area contributed by atoms with E-state index in [0.29, 0.717) is 5.82 Å². The van der Waals surface area contributed by atoms with Crippen molar-refractivity contribution in [2.75, 3.05) is 5.73 Å². The number of halogens is 1. The summed E-state index contributed by atoms with van der Waals surface area (Å²) in [4.78, 5) is 4.11. The van der Waals surface area contributed by atoms with Gasteiger partial charge in [0.25, 0.3) is 0 Å². The molecule has 0 atom stereocenters. The predicted molar refractivity (Wildman–Crippen MR) is 47.3 cm³/mol. The van der Waals surface area contributed by atoms with E-state index < -0.39 is 0 Å². The van der Waals surface area contributed by atoms with Crippen molar-refractivity contribution in [2.45, 2.75) is 0 Å². The molecule has 0 aliphatic rings. The van der Waals surface area contributed by atoms with Crippen molar-refractivity contribution in [2.24, 2.45) is 0 Å². The van der Waals surface area contributed by atoms with Crippen LogP contribution in [0.2, 0.25) is 0 Å². The second kappa shape index (κ2) is 2.23. The molecule has 0 spiro atoms. The Morgan fingerprint density at radius 3 is 3.09 bits per heavy atom. The minimum Gasteiger partial charge on any atom is -0.382 e. The molecule has 0 unspecified atom stereocenters. The van der Waals surface area contributed by atoms with Gasteiger partial charge in [-0.2, -0.15) is 0 Å². The molecule has 0 saturated carbocycles. The van der Waals surface area contributed by atoms with E-state index in [0.717, 1.165) is 10.1 Å². The maximum Gasteiger partial charge on any atom is 0.153 e. The third kappa shape index (κ3) is 0.991. The first-order valence-electron chi connectivity index (χ1n) is 3.16. The van der Waals surface area contributed by atoms with Crippen LogP contribution in [0.5, 0.6) is 0 Å². The van der Waals surface area contributed by atoms with Gasteiger partial charge >= 0.3 is 0 Å². The molecule has 2 heterocycles. The molecule has 2 aromatic rings. The highest BCUT2D eigenvalue weighted by molar-refractivity contribution is 9.10. The monoisotopic (exact) mass is 211 g/mol. The molecule has 0 saturated heterocycles. The number of hydrogen-bond donors (Lipinski definition) is 1. The van der Waals surface area contributed by atoms with Crippen molar-refractivity contribution < 1.29 is 0 Å². The highest BCUT2D eigenvalue weighted by Gasteiger charge is 1.99. The Bertz CT molecular complexity index is 393. The van der Waals surface area contributed by atoms with Crippen molar-refractivity contribution >= 4 is 27.4 Å². The lowest BCUT2D eigenvalue weighted by Gasteiger charge is -1.92. The number of imidazole rings is 1. The second-order valence-electron chi connectivity index (χ2n) is 2.25. The Labute approximate surface area is 72.0 Å². The van der Waals surface area contributed by atoms with Gasteiger partial charge in [-0.05, 0) is 28.1 Å². The van der Waals surface area contributed by atoms with Crippen LogP contribution in [-0.2, 0) is 0 Å². The first kappa shape index (κ1) is 6.67. The number of rotatable bonds is 0. The molecule has 2 N–H and O–H groups in total. The quantitative estimate of drug-likeness (QED) is 0.721. The van der Waals surface area contributed by atoms with Crippen LogP contribution < -0.4 is 5.73 Å². The number of pyridine rings is 1. The number of hydrogen-bond acceptors (Lipinski definition) is 2. The van der Waals surface area contributed by atoms with Crippen molar-refractivity contribution in [1.29, 1.82) is 0 Å². The minimum absolute atomic E-state index is 0.539. The van der Waals surface area contributed by atoms with Gasteiger partial charge in [0.15, 0.2) is 5.65 Å². The first-order valence-corrected chi connectivity index (χ1v) is 3.95. The minimum atomic E-state index is 0.539. The maximum atomic E-state index is 5.51. The molecule has 0 aliphatic heterocycles. The number of nitrogens with zero attached hydrogens (tertiary/aromatic N) is 2. The van der Waals surface area contributed by atoms with Crippen molar-refractivity contribution in [3.63, 3.8) is 0 Å². The molecule has 0 aliphatic carbocycles. The van der Waals surface area contributed by atoms with E-state index in [-0.39, 0.29) is 0 Å². The summed E-state index contributed by atoms with van der Waals surface area (Å²) in [6, 6.07) is 3.86. The van der Waals surface area contributed by atoms with Gasteiger partial charge in [0, 0.05) is 6.20 Å². The van der Waals surface area contributed by atoms with Crippen molar-refractivity contribution in [3.8, 4) is 0 Å². The van der Waals surface area contributed by atoms with Crippen LogP contribution in [0.1, 0.15) is 0 Å². The van der Waals surface area contributed by atoms with Crippen molar-refractivity contribution in [1.82, 2.24) is 9.38 Å². The van der Waals surface area contributed by atoms with Gasteiger partial charge in [0.2, 0.25) is 0 Å². The Hall–Kier alpha value is -1.03. The van der Waals surface area contributed by atoms with Crippen LogP contribution in [0.15, 0.2) is 29.0 Å². The number of anilines is 1. The van der Waals surface area contributed by atoms with Gasteiger partial charge in [0.1, 0.15) is 5.82 Å². The largest absolute Gasteiger partial charge is 0.382 e. The van der Waals surface area contributed by atoms with Gasteiger partial charge in [-0.1, -0.05) is 0 Å². The molecule has 3 nitrogen and oxygen atoms in total. The van der Waals surface area contributed by atoms with Gasteiger partial charge in [-0.15, -0.1) is 0 Å². The molecule has 2 aromatic heterocycles. The van der Waals surface area contributed by atoms with Crippen LogP contribution in [0.25, 0.3) is 5.65 Å². The number of nitrogen functional groups attached to an aromatic ring is 1. The summed E-state index contributed by atoms with van der Waals surface area (Å²) < 4.78 is 2.83. The molecular formula is C7H6BrN3. The van der Waals surface area contributed by atoms with Crippen LogP contribution in [0.3, 0.4) is 0 Å². The van der Waals surface area contributed by atoms with Crippen LogP contribution in [0.4, 0.5) is 5.82 Å². The summed E-state index contributed by atoms with van der Waals surface area (Å²) in [5.41, 5.74) is 6.36. The highest BCUT2D eigenvalue weighted by atomic mass is 79.9. The standard InChI is InChI=1S/C7H6BrN3/c8-5-2-1-3-11-4-6(9)10-7(5)11/h1-4H,9H2. The van der Waals surface area contributed by atoms with E-state index in [9.17, 15) is 0 Å². The zero-order valence-corrected chi connectivity index (χ0v) is 7.25. The zero-order chi connectivity index (χ0) is 7.84. The van der Waals surface area contributed by atoms with E-state index >= 15 is 0 Å². The van der Waals surface area contributed by atoms with E-state index in [1.165, 1.54) is 0 Å². The van der Waals surface area contributed by atoms with Crippen LogP contribution in [0, 0.1) is 0 Å². The third-order valence-electron chi connectivity index (χ3n) is 1.45. The zero-order valence-electron chi connectivity index (χ0n) is 5.66. The molecular weight excluding hydrogens is 206 g/mol. The topological polar surface area (TPSA) is 43.3 Å². The van der Waals surface area contributed by atoms with E-state index in [4.69, 9.17) is 5.73 Å². The molecule has 0 radical (unpaired) electrons. The average Bonchev–Trinajstić information content (AvgIpc) is 2.31. The normalized spacial score (nSPS) is 10.6. The summed E-state index contributed by atoms with van der Waals surface area (Å²) >= 11 is 3.37. The smallest absolute Gasteiger partial charge is 0.153 e. The summed E-state index contributed by atoms with van der Waals surface area (Å²) in [5.74, 6) is 0.539. The summed E-state index contributed by atoms with van der Waals surface area (Å²) in [6.45, 7) is 0. The Morgan fingerprint density at radius 2 is 2.36 bits per heavy atom. The van der Waals surface area contributed by atoms with Crippen LogP contribution >= 0.6 is 15.9 Å². The van der Waals surface area contributed by atoms with Gasteiger partial charge in [0.05, 0.1) is 10.7 Å². The lowest BCUT2D eigenvalue weighted by molar-refractivity contribution is 1.18. The van der Waals surface area contributed by atoms with E-state index in [2.05, 4.69) is 20.9 Å². The molecule has 0 fully saturated rings. The molecule has 4 heteroatoms. The summed E-state index contributed by atoms with van der Waals surface area (Å²) in [6.07, 6.45) is 3.68. The van der Waals surface area contributed by atoms with Gasteiger partial charge in [-0.3, -0.25) is 0 Å². The molecule has 56 valence electrons.